The summed E-state index contributed by atoms with van der Waals surface area (Å²) in [5.74, 6) is 10.5. The number of nitrogens with two attached hydrogens (primary N) is 2. The Morgan fingerprint density at radius 1 is 1.50 bits per heavy atom. The van der Waals surface area contributed by atoms with Crippen molar-refractivity contribution in [3.05, 3.63) is 0 Å². The Balaban J connectivity index is 3.17. The first kappa shape index (κ1) is 5.88. The van der Waals surface area contributed by atoms with Crippen LogP contribution in [-0.4, -0.2) is 18.3 Å². The Kier molecular flexibility index (Phi) is 1.52. The Morgan fingerprint density at radius 2 is 1.67 bits per heavy atom. The van der Waals surface area contributed by atoms with Gasteiger partial charge in [0.25, 0.3) is 0 Å². The molecule has 0 rings (SSSR count). The van der Waals surface area contributed by atoms with Crippen molar-refractivity contribution in [3.63, 3.8) is 0 Å². The van der Waals surface area contributed by atoms with Crippen LogP contribution in [0.3, 0.4) is 0 Å². The van der Waals surface area contributed by atoms with Crippen LogP contribution in [0.2, 0.25) is 0 Å². The van der Waals surface area contributed by atoms with E-state index in [-0.39, 0.29) is 4.70 Å². The van der Waals surface area contributed by atoms with Crippen molar-refractivity contribution in [2.24, 2.45) is 11.7 Å². The van der Waals surface area contributed by atoms with Gasteiger partial charge in [0.15, 0.2) is 0 Å². The summed E-state index contributed by atoms with van der Waals surface area (Å²) in [6, 6.07) is 0. The van der Waals surface area contributed by atoms with Crippen molar-refractivity contribution in [1.82, 2.24) is 0 Å². The topological polar surface area (TPSA) is 52.0 Å². The van der Waals surface area contributed by atoms with Gasteiger partial charge in [-0.15, -0.1) is 0 Å². The van der Waals surface area contributed by atoms with E-state index in [1.807, 2.05) is 6.92 Å². The summed E-state index contributed by atoms with van der Waals surface area (Å²) in [6.07, 6.45) is 0. The fraction of sp³-hybridized carbons (Fsp3) is 1.00. The summed E-state index contributed by atoms with van der Waals surface area (Å²) in [6.45, 7) is 2.69. The van der Waals surface area contributed by atoms with Crippen molar-refractivity contribution in [1.29, 1.82) is 0 Å². The fourth-order valence-electron chi connectivity index (χ4n) is 0. The van der Waals surface area contributed by atoms with E-state index in [0.717, 1.165) is 6.54 Å². The van der Waals surface area contributed by atoms with Gasteiger partial charge in [0.2, 0.25) is 0 Å². The van der Waals surface area contributed by atoms with Gasteiger partial charge in [0, 0.05) is 0 Å². The van der Waals surface area contributed by atoms with Crippen LogP contribution >= 0.6 is 0 Å². The van der Waals surface area contributed by atoms with Gasteiger partial charge in [-0.2, -0.15) is 16.4 Å². The molecule has 0 radical (unpaired) electrons. The van der Waals surface area contributed by atoms with Crippen LogP contribution in [-0.2, 0) is 0 Å². The molecule has 0 bridgehead atoms. The summed E-state index contributed by atoms with van der Waals surface area (Å²) in [4.78, 5) is 0. The molecule has 0 aliphatic heterocycles. The van der Waals surface area contributed by atoms with Gasteiger partial charge < -0.3 is 0 Å². The van der Waals surface area contributed by atoms with Gasteiger partial charge >= 0.3 is 0 Å². The molecule has 0 saturated heterocycles. The minimum Gasteiger partial charge on any atom is -0.179 e. The Bertz CT molecular complexity index is 35.8. The first-order valence-corrected chi connectivity index (χ1v) is 1.99. The van der Waals surface area contributed by atoms with Crippen molar-refractivity contribution < 1.29 is 4.70 Å². The molecule has 0 unspecified atom stereocenters. The fourth-order valence-corrected chi connectivity index (χ4v) is 0. The highest BCUT2D eigenvalue weighted by molar-refractivity contribution is 3.99. The lowest BCUT2D eigenvalue weighted by atomic mass is 10.7. The molecule has 0 aromatic carbocycles. The summed E-state index contributed by atoms with van der Waals surface area (Å²) in [5, 5.41) is 0. The molecule has 0 spiro atoms. The quantitative estimate of drug-likeness (QED) is 0.251. The largest absolute Gasteiger partial charge is 0.179 e. The number of rotatable bonds is 1. The zero-order chi connectivity index (χ0) is 5.21. The molecule has 3 heteroatoms. The summed E-state index contributed by atoms with van der Waals surface area (Å²) < 4.78 is 0.0694. The van der Waals surface area contributed by atoms with Crippen LogP contribution in [0, 0.1) is 0 Å². The van der Waals surface area contributed by atoms with E-state index in [0.29, 0.717) is 0 Å². The summed E-state index contributed by atoms with van der Waals surface area (Å²) in [5.41, 5.74) is 0. The van der Waals surface area contributed by atoms with E-state index in [2.05, 4.69) is 0 Å². The lowest BCUT2D eigenvalue weighted by Crippen LogP contribution is -2.56. The second kappa shape index (κ2) is 1.55. The predicted octanol–water partition coefficient (Wildman–Crippen LogP) is -0.800. The van der Waals surface area contributed by atoms with Crippen molar-refractivity contribution >= 4 is 0 Å². The summed E-state index contributed by atoms with van der Waals surface area (Å²) in [7, 11) is 1.74. The molecule has 6 heavy (non-hydrogen) atoms. The van der Waals surface area contributed by atoms with Crippen LogP contribution in [0.5, 0.6) is 0 Å². The molecule has 0 aromatic rings. The summed E-state index contributed by atoms with van der Waals surface area (Å²) >= 11 is 0. The Morgan fingerprint density at radius 3 is 1.67 bits per heavy atom. The molecule has 3 nitrogen and oxygen atoms in total. The first-order chi connectivity index (χ1) is 2.56. The molecule has 0 aliphatic carbocycles. The lowest BCUT2D eigenvalue weighted by Gasteiger charge is -2.17. The number of hydrogen-bond donors (Lipinski definition) is 2. The smallest absolute Gasteiger partial charge is 0.111 e. The molecule has 4 N–H and O–H groups in total. The maximum atomic E-state index is 5.25. The SMILES string of the molecule is CC[N+](C)(N)N. The third-order valence-electron chi connectivity index (χ3n) is 0.681. The maximum Gasteiger partial charge on any atom is 0.111 e. The minimum absolute atomic E-state index is 0.0694. The van der Waals surface area contributed by atoms with Crippen LogP contribution in [0.25, 0.3) is 0 Å². The molecule has 0 aromatic heterocycles. The van der Waals surface area contributed by atoms with Gasteiger partial charge in [-0.3, -0.25) is 0 Å². The number of quaternary nitrogens is 1. The van der Waals surface area contributed by atoms with Gasteiger partial charge in [0.1, 0.15) is 13.6 Å². The van der Waals surface area contributed by atoms with Crippen molar-refractivity contribution in [2.75, 3.05) is 13.6 Å². The molecule has 0 fully saturated rings. The van der Waals surface area contributed by atoms with Gasteiger partial charge in [-0.25, -0.2) is 0 Å². The highest BCUT2D eigenvalue weighted by Crippen LogP contribution is 1.71. The van der Waals surface area contributed by atoms with E-state index < -0.39 is 0 Å². The minimum atomic E-state index is 0.0694. The van der Waals surface area contributed by atoms with E-state index in [4.69, 9.17) is 11.7 Å². The second-order valence-electron chi connectivity index (χ2n) is 1.66. The molecular formula is C3H12N3+. The third-order valence-corrected chi connectivity index (χ3v) is 0.681. The Hall–Kier alpha value is -0.120. The zero-order valence-corrected chi connectivity index (χ0v) is 4.31. The Labute approximate surface area is 38.1 Å². The highest BCUT2D eigenvalue weighted by Gasteiger charge is 2.00. The standard InChI is InChI=1S/C3H12N3/c1-3-6(2,4)5/h3-5H2,1-2H3/q+1. The average Bonchev–Trinajstić information content (AvgIpc) is 1.35. The van der Waals surface area contributed by atoms with Gasteiger partial charge in [-0.05, 0) is 6.92 Å². The number of nitrogens with zero attached hydrogens (tertiary/aromatic N) is 1. The average molecular weight is 90.2 g/mol. The van der Waals surface area contributed by atoms with Crippen LogP contribution in [0.4, 0.5) is 0 Å². The third kappa shape index (κ3) is 3.88. The molecule has 0 heterocycles. The molecule has 0 amide bonds. The molecular weight excluding hydrogens is 78.1 g/mol. The molecule has 0 atom stereocenters. The first-order valence-electron chi connectivity index (χ1n) is 1.99. The monoisotopic (exact) mass is 90.1 g/mol. The van der Waals surface area contributed by atoms with E-state index in [9.17, 15) is 0 Å². The molecule has 38 valence electrons. The van der Waals surface area contributed by atoms with Crippen LogP contribution in [0.15, 0.2) is 0 Å². The van der Waals surface area contributed by atoms with Crippen LogP contribution < -0.4 is 11.7 Å². The van der Waals surface area contributed by atoms with E-state index in [1.165, 1.54) is 0 Å². The number of hydrogen-bond acceptors (Lipinski definition) is 2. The lowest BCUT2D eigenvalue weighted by molar-refractivity contribution is -0.931. The highest BCUT2D eigenvalue weighted by atomic mass is 15.7. The maximum absolute atomic E-state index is 5.25. The molecule has 0 aliphatic rings. The normalized spacial score (nSPS) is 12.0. The van der Waals surface area contributed by atoms with Gasteiger partial charge in [-0.1, -0.05) is 0 Å². The van der Waals surface area contributed by atoms with E-state index >= 15 is 0 Å². The van der Waals surface area contributed by atoms with Crippen LogP contribution in [0.1, 0.15) is 6.92 Å². The van der Waals surface area contributed by atoms with Crippen molar-refractivity contribution in [3.8, 4) is 0 Å². The zero-order valence-electron chi connectivity index (χ0n) is 4.31. The predicted molar refractivity (Wildman–Crippen MR) is 25.1 cm³/mol. The molecule has 0 saturated carbocycles. The second-order valence-corrected chi connectivity index (χ2v) is 1.66. The van der Waals surface area contributed by atoms with E-state index in [1.54, 1.807) is 7.05 Å². The van der Waals surface area contributed by atoms with Gasteiger partial charge in [0.05, 0.1) is 0 Å². The van der Waals surface area contributed by atoms with Crippen molar-refractivity contribution in [2.45, 2.75) is 6.92 Å².